The molecular formula is C22H33NO3. The second kappa shape index (κ2) is 11.0. The van der Waals surface area contributed by atoms with Gasteiger partial charge in [0.15, 0.2) is 0 Å². The van der Waals surface area contributed by atoms with Crippen molar-refractivity contribution >= 4 is 17.6 Å². The Hall–Kier alpha value is -1.84. The largest absolute Gasteiger partial charge is 0.481 e. The molecule has 0 radical (unpaired) electrons. The Bertz CT molecular complexity index is 559. The number of carbonyl (C=O) groups excluding carboxylic acids is 1. The summed E-state index contributed by atoms with van der Waals surface area (Å²) >= 11 is 0. The molecule has 1 amide bonds. The van der Waals surface area contributed by atoms with Crippen LogP contribution in [0.5, 0.6) is 0 Å². The topological polar surface area (TPSA) is 66.4 Å². The van der Waals surface area contributed by atoms with Gasteiger partial charge in [0, 0.05) is 18.0 Å². The second-order valence-corrected chi connectivity index (χ2v) is 7.65. The molecule has 1 saturated carbocycles. The number of unbranched alkanes of at least 4 members (excludes halogenated alkanes) is 2. The van der Waals surface area contributed by atoms with Crippen molar-refractivity contribution in [2.45, 2.75) is 77.6 Å². The number of hydrogen-bond acceptors (Lipinski definition) is 2. The van der Waals surface area contributed by atoms with Crippen molar-refractivity contribution in [3.05, 3.63) is 29.8 Å². The summed E-state index contributed by atoms with van der Waals surface area (Å²) in [5.74, 6) is 0.401. The first kappa shape index (κ1) is 20.5. The van der Waals surface area contributed by atoms with E-state index in [0.717, 1.165) is 37.3 Å². The third kappa shape index (κ3) is 7.19. The first-order chi connectivity index (χ1) is 12.6. The van der Waals surface area contributed by atoms with E-state index in [1.807, 2.05) is 24.3 Å². The molecule has 2 rings (SSSR count). The van der Waals surface area contributed by atoms with Crippen molar-refractivity contribution in [2.75, 3.05) is 5.32 Å². The zero-order chi connectivity index (χ0) is 18.8. The fraction of sp³-hybridized carbons (Fsp3) is 0.636. The Kier molecular flexibility index (Phi) is 8.66. The lowest BCUT2D eigenvalue weighted by Gasteiger charge is -2.27. The first-order valence-corrected chi connectivity index (χ1v) is 10.2. The highest BCUT2D eigenvalue weighted by atomic mass is 16.4. The molecule has 0 saturated heterocycles. The van der Waals surface area contributed by atoms with Gasteiger partial charge in [-0.25, -0.2) is 0 Å². The van der Waals surface area contributed by atoms with E-state index >= 15 is 0 Å². The van der Waals surface area contributed by atoms with Crippen molar-refractivity contribution in [2.24, 2.45) is 11.8 Å². The van der Waals surface area contributed by atoms with Crippen molar-refractivity contribution in [3.63, 3.8) is 0 Å². The molecule has 0 aromatic heterocycles. The van der Waals surface area contributed by atoms with Gasteiger partial charge in [0.1, 0.15) is 0 Å². The Morgan fingerprint density at radius 2 is 1.73 bits per heavy atom. The van der Waals surface area contributed by atoms with Crippen LogP contribution in [0.15, 0.2) is 24.3 Å². The zero-order valence-electron chi connectivity index (χ0n) is 16.0. The van der Waals surface area contributed by atoms with Crippen LogP contribution in [-0.4, -0.2) is 17.0 Å². The van der Waals surface area contributed by atoms with Crippen molar-refractivity contribution in [1.29, 1.82) is 0 Å². The highest BCUT2D eigenvalue weighted by molar-refractivity contribution is 5.92. The highest BCUT2D eigenvalue weighted by Crippen LogP contribution is 2.32. The minimum Gasteiger partial charge on any atom is -0.481 e. The van der Waals surface area contributed by atoms with E-state index in [9.17, 15) is 9.59 Å². The van der Waals surface area contributed by atoms with Crippen LogP contribution in [0.25, 0.3) is 0 Å². The number of carboxylic acid groups (broad SMARTS) is 1. The van der Waals surface area contributed by atoms with Crippen LogP contribution in [0, 0.1) is 11.8 Å². The number of nitrogens with one attached hydrogen (secondary N) is 1. The number of benzene rings is 1. The molecule has 4 heteroatoms. The van der Waals surface area contributed by atoms with Gasteiger partial charge in [0.05, 0.1) is 0 Å². The maximum atomic E-state index is 12.5. The van der Waals surface area contributed by atoms with Gasteiger partial charge in [-0.1, -0.05) is 38.3 Å². The van der Waals surface area contributed by atoms with Crippen LogP contribution >= 0.6 is 0 Å². The van der Waals surface area contributed by atoms with Gasteiger partial charge in [-0.05, 0) is 68.6 Å². The van der Waals surface area contributed by atoms with Crippen LogP contribution in [-0.2, 0) is 16.0 Å². The average molecular weight is 360 g/mol. The van der Waals surface area contributed by atoms with Crippen molar-refractivity contribution < 1.29 is 14.7 Å². The molecule has 144 valence electrons. The van der Waals surface area contributed by atoms with Crippen molar-refractivity contribution in [3.8, 4) is 0 Å². The Morgan fingerprint density at radius 3 is 2.35 bits per heavy atom. The molecule has 0 spiro atoms. The highest BCUT2D eigenvalue weighted by Gasteiger charge is 2.25. The van der Waals surface area contributed by atoms with Crippen LogP contribution < -0.4 is 5.32 Å². The summed E-state index contributed by atoms with van der Waals surface area (Å²) in [5.41, 5.74) is 2.04. The standard InChI is InChI=1S/C22H33NO3/c1-2-3-6-17-9-13-19(14-10-17)22(26)23-20-15-11-18(12-16-20)7-4-5-8-21(24)25/h11-12,15-17,19H,2-10,13-14H2,1H3,(H,23,26)(H,24,25). The molecule has 0 unspecified atom stereocenters. The van der Waals surface area contributed by atoms with Crippen LogP contribution in [0.4, 0.5) is 5.69 Å². The third-order valence-electron chi connectivity index (χ3n) is 5.51. The molecule has 2 N–H and O–H groups in total. The SMILES string of the molecule is CCCCC1CCC(C(=O)Nc2ccc(CCCCC(=O)O)cc2)CC1. The molecule has 0 heterocycles. The molecule has 1 aliphatic rings. The van der Waals surface area contributed by atoms with Gasteiger partial charge in [0.25, 0.3) is 0 Å². The minimum atomic E-state index is -0.734. The number of hydrogen-bond donors (Lipinski definition) is 2. The summed E-state index contributed by atoms with van der Waals surface area (Å²) in [7, 11) is 0. The molecule has 0 atom stereocenters. The van der Waals surface area contributed by atoms with E-state index < -0.39 is 5.97 Å². The Labute approximate surface area is 157 Å². The lowest BCUT2D eigenvalue weighted by Crippen LogP contribution is -2.27. The molecule has 1 aliphatic carbocycles. The summed E-state index contributed by atoms with van der Waals surface area (Å²) in [6, 6.07) is 7.96. The summed E-state index contributed by atoms with van der Waals surface area (Å²) in [4.78, 5) is 23.0. The molecule has 1 aromatic carbocycles. The molecule has 1 aromatic rings. The third-order valence-corrected chi connectivity index (χ3v) is 5.51. The van der Waals surface area contributed by atoms with E-state index in [0.29, 0.717) is 6.42 Å². The summed E-state index contributed by atoms with van der Waals surface area (Å²) in [6.45, 7) is 2.24. The van der Waals surface area contributed by atoms with E-state index in [-0.39, 0.29) is 18.2 Å². The second-order valence-electron chi connectivity index (χ2n) is 7.65. The minimum absolute atomic E-state index is 0.156. The lowest BCUT2D eigenvalue weighted by molar-refractivity contribution is -0.137. The fourth-order valence-corrected chi connectivity index (χ4v) is 3.81. The monoisotopic (exact) mass is 359 g/mol. The summed E-state index contributed by atoms with van der Waals surface area (Å²) < 4.78 is 0. The molecule has 0 bridgehead atoms. The predicted octanol–water partition coefficient (Wildman–Crippen LogP) is 5.42. The van der Waals surface area contributed by atoms with Crippen LogP contribution in [0.3, 0.4) is 0 Å². The molecular weight excluding hydrogens is 326 g/mol. The molecule has 0 aliphatic heterocycles. The number of anilines is 1. The number of carboxylic acids is 1. The van der Waals surface area contributed by atoms with Gasteiger partial charge in [-0.15, -0.1) is 0 Å². The van der Waals surface area contributed by atoms with Gasteiger partial charge >= 0.3 is 5.97 Å². The van der Waals surface area contributed by atoms with Crippen molar-refractivity contribution in [1.82, 2.24) is 0 Å². The summed E-state index contributed by atoms with van der Waals surface area (Å²) in [5, 5.41) is 11.7. The van der Waals surface area contributed by atoms with Gasteiger partial charge in [-0.2, -0.15) is 0 Å². The predicted molar refractivity (Wildman–Crippen MR) is 105 cm³/mol. The average Bonchev–Trinajstić information content (AvgIpc) is 2.65. The van der Waals surface area contributed by atoms with E-state index in [1.165, 1.54) is 37.7 Å². The van der Waals surface area contributed by atoms with E-state index in [2.05, 4.69) is 12.2 Å². The maximum Gasteiger partial charge on any atom is 0.303 e. The van der Waals surface area contributed by atoms with Gasteiger partial charge in [0.2, 0.25) is 5.91 Å². The Balaban J connectivity index is 1.71. The quantitative estimate of drug-likeness (QED) is 0.548. The lowest BCUT2D eigenvalue weighted by atomic mass is 9.79. The molecule has 1 fully saturated rings. The summed E-state index contributed by atoms with van der Waals surface area (Å²) in [6.07, 6.45) is 11.0. The smallest absolute Gasteiger partial charge is 0.303 e. The van der Waals surface area contributed by atoms with E-state index in [1.54, 1.807) is 0 Å². The van der Waals surface area contributed by atoms with Gasteiger partial charge in [-0.3, -0.25) is 9.59 Å². The number of rotatable bonds is 10. The van der Waals surface area contributed by atoms with Crippen LogP contribution in [0.2, 0.25) is 0 Å². The fourth-order valence-electron chi connectivity index (χ4n) is 3.81. The maximum absolute atomic E-state index is 12.5. The zero-order valence-corrected chi connectivity index (χ0v) is 16.0. The van der Waals surface area contributed by atoms with E-state index in [4.69, 9.17) is 5.11 Å². The number of aryl methyl sites for hydroxylation is 1. The number of aliphatic carboxylic acids is 1. The Morgan fingerprint density at radius 1 is 1.04 bits per heavy atom. The number of carbonyl (C=O) groups is 2. The normalized spacial score (nSPS) is 19.9. The molecule has 26 heavy (non-hydrogen) atoms. The molecule has 4 nitrogen and oxygen atoms in total. The number of amides is 1. The van der Waals surface area contributed by atoms with Gasteiger partial charge < -0.3 is 10.4 Å². The first-order valence-electron chi connectivity index (χ1n) is 10.2. The van der Waals surface area contributed by atoms with Crippen LogP contribution in [0.1, 0.15) is 76.7 Å².